The SMILES string of the molecule is COC(=S)CC[C@H]1CN(c2ccc(N3CCNN(C(=O)CCc4cccc(-n5cncn5)c4)CC3)c(F)c2)C(=O)O1. The molecule has 11 nitrogen and oxygen atoms in total. The summed E-state index contributed by atoms with van der Waals surface area (Å²) in [6, 6.07) is 12.6. The van der Waals surface area contributed by atoms with Gasteiger partial charge in [0.05, 0.1) is 37.3 Å². The number of methoxy groups -OCH3 is 1. The number of benzene rings is 2. The van der Waals surface area contributed by atoms with Gasteiger partial charge in [-0.3, -0.25) is 14.7 Å². The first-order valence-electron chi connectivity index (χ1n) is 13.5. The molecule has 2 amide bonds. The molecular formula is C28H32FN7O4S. The highest BCUT2D eigenvalue weighted by atomic mass is 32.1. The number of anilines is 2. The zero-order valence-electron chi connectivity index (χ0n) is 22.7. The van der Waals surface area contributed by atoms with Gasteiger partial charge in [-0.25, -0.2) is 24.3 Å². The molecule has 3 aromatic rings. The number of aryl methyl sites for hydroxylation is 1. The molecule has 2 fully saturated rings. The van der Waals surface area contributed by atoms with Crippen LogP contribution in [0, 0.1) is 5.82 Å². The van der Waals surface area contributed by atoms with Crippen molar-refractivity contribution in [3.8, 4) is 5.69 Å². The number of hydrazine groups is 1. The van der Waals surface area contributed by atoms with Crippen molar-refractivity contribution >= 4 is 40.6 Å². The first-order chi connectivity index (χ1) is 19.9. The second kappa shape index (κ2) is 13.0. The molecule has 0 radical (unpaired) electrons. The van der Waals surface area contributed by atoms with E-state index in [-0.39, 0.29) is 12.0 Å². The highest BCUT2D eigenvalue weighted by molar-refractivity contribution is 7.80. The van der Waals surface area contributed by atoms with Gasteiger partial charge in [-0.05, 0) is 61.0 Å². The molecular weight excluding hydrogens is 549 g/mol. The van der Waals surface area contributed by atoms with Gasteiger partial charge in [-0.2, -0.15) is 5.10 Å². The summed E-state index contributed by atoms with van der Waals surface area (Å²) in [5.41, 5.74) is 5.94. The van der Waals surface area contributed by atoms with Crippen LogP contribution in [-0.2, 0) is 20.7 Å². The third-order valence-electron chi connectivity index (χ3n) is 7.16. The molecule has 2 aliphatic rings. The molecule has 2 aliphatic heterocycles. The number of ether oxygens (including phenoxy) is 2. The Hall–Kier alpha value is -4.10. The molecule has 0 bridgehead atoms. The number of nitrogens with one attached hydrogen (secondary N) is 1. The van der Waals surface area contributed by atoms with Crippen molar-refractivity contribution in [2.75, 3.05) is 49.6 Å². The standard InChI is InChI=1S/C28H32FN7O4S/c1-39-27(41)10-7-23-17-34(28(38)40-23)21-6-8-25(24(29)16-21)33-12-11-31-35(14-13-33)26(37)9-5-20-3-2-4-22(15-20)36-19-30-18-32-36/h2-4,6,8,15-16,18-19,23,31H,5,7,9-14,17H2,1H3/t23-/m0/s1. The monoisotopic (exact) mass is 581 g/mol. The van der Waals surface area contributed by atoms with Gasteiger partial charge in [0, 0.05) is 32.5 Å². The fourth-order valence-electron chi connectivity index (χ4n) is 4.95. The number of rotatable bonds is 9. The summed E-state index contributed by atoms with van der Waals surface area (Å²) < 4.78 is 27.4. The molecule has 3 heterocycles. The van der Waals surface area contributed by atoms with E-state index in [1.54, 1.807) is 28.2 Å². The van der Waals surface area contributed by atoms with Gasteiger partial charge in [0.15, 0.2) is 5.05 Å². The van der Waals surface area contributed by atoms with Crippen LogP contribution in [0.15, 0.2) is 55.1 Å². The molecule has 0 saturated carbocycles. The largest absolute Gasteiger partial charge is 0.490 e. The Balaban J connectivity index is 1.14. The smallest absolute Gasteiger partial charge is 0.414 e. The maximum Gasteiger partial charge on any atom is 0.414 e. The third-order valence-corrected chi connectivity index (χ3v) is 7.53. The first kappa shape index (κ1) is 28.4. The molecule has 216 valence electrons. The number of halogens is 1. The predicted octanol–water partition coefficient (Wildman–Crippen LogP) is 3.27. The molecule has 2 aromatic carbocycles. The minimum atomic E-state index is -0.510. The van der Waals surface area contributed by atoms with Crippen molar-refractivity contribution in [2.45, 2.75) is 31.8 Å². The molecule has 1 N–H and O–H groups in total. The Labute approximate surface area is 242 Å². The van der Waals surface area contributed by atoms with Gasteiger partial charge in [-0.15, -0.1) is 0 Å². The van der Waals surface area contributed by atoms with Crippen LogP contribution >= 0.6 is 12.2 Å². The number of nitrogens with zero attached hydrogens (tertiary/aromatic N) is 6. The van der Waals surface area contributed by atoms with Crippen LogP contribution in [0.3, 0.4) is 0 Å². The second-order valence-electron chi connectivity index (χ2n) is 9.82. The molecule has 0 unspecified atom stereocenters. The Kier molecular flexibility index (Phi) is 9.04. The zero-order valence-corrected chi connectivity index (χ0v) is 23.6. The van der Waals surface area contributed by atoms with Crippen LogP contribution in [0.2, 0.25) is 0 Å². The fourth-order valence-corrected chi connectivity index (χ4v) is 5.07. The molecule has 2 saturated heterocycles. The normalized spacial score (nSPS) is 17.4. The van der Waals surface area contributed by atoms with E-state index in [4.69, 9.17) is 21.7 Å². The minimum Gasteiger partial charge on any atom is -0.490 e. The van der Waals surface area contributed by atoms with E-state index in [1.807, 2.05) is 29.2 Å². The molecule has 5 rings (SSSR count). The molecule has 1 atom stereocenters. The second-order valence-corrected chi connectivity index (χ2v) is 10.3. The van der Waals surface area contributed by atoms with Gasteiger partial charge in [-0.1, -0.05) is 12.1 Å². The van der Waals surface area contributed by atoms with Gasteiger partial charge in [0.25, 0.3) is 0 Å². The Morgan fingerprint density at radius 1 is 1.17 bits per heavy atom. The number of amides is 2. The summed E-state index contributed by atoms with van der Waals surface area (Å²) in [4.78, 5) is 32.7. The Morgan fingerprint density at radius 2 is 2.05 bits per heavy atom. The Morgan fingerprint density at radius 3 is 2.83 bits per heavy atom. The van der Waals surface area contributed by atoms with Crippen molar-refractivity contribution in [3.05, 3.63) is 66.5 Å². The third kappa shape index (κ3) is 6.98. The lowest BCUT2D eigenvalue weighted by Gasteiger charge is -2.24. The molecule has 0 aliphatic carbocycles. The summed E-state index contributed by atoms with van der Waals surface area (Å²) in [5, 5.41) is 6.22. The molecule has 41 heavy (non-hydrogen) atoms. The van der Waals surface area contributed by atoms with Gasteiger partial charge in [0.2, 0.25) is 5.91 Å². The number of carbonyl (C=O) groups excluding carboxylic acids is 2. The van der Waals surface area contributed by atoms with E-state index in [1.165, 1.54) is 24.4 Å². The summed E-state index contributed by atoms with van der Waals surface area (Å²) in [6.45, 7) is 2.19. The van der Waals surface area contributed by atoms with E-state index < -0.39 is 11.9 Å². The maximum atomic E-state index is 15.3. The van der Waals surface area contributed by atoms with Gasteiger partial charge < -0.3 is 14.4 Å². The van der Waals surface area contributed by atoms with Crippen molar-refractivity contribution in [1.29, 1.82) is 0 Å². The van der Waals surface area contributed by atoms with Crippen molar-refractivity contribution in [2.24, 2.45) is 0 Å². The highest BCUT2D eigenvalue weighted by Gasteiger charge is 2.33. The van der Waals surface area contributed by atoms with E-state index in [0.29, 0.717) is 74.8 Å². The average molecular weight is 582 g/mol. The number of hydrogen-bond donors (Lipinski definition) is 1. The van der Waals surface area contributed by atoms with E-state index in [0.717, 1.165) is 11.3 Å². The number of aromatic nitrogens is 3. The zero-order chi connectivity index (χ0) is 28.8. The Bertz CT molecular complexity index is 1390. The lowest BCUT2D eigenvalue weighted by Crippen LogP contribution is -2.43. The topological polar surface area (TPSA) is 105 Å². The van der Waals surface area contributed by atoms with E-state index >= 15 is 4.39 Å². The van der Waals surface area contributed by atoms with Crippen molar-refractivity contribution in [3.63, 3.8) is 0 Å². The van der Waals surface area contributed by atoms with Crippen LogP contribution < -0.4 is 15.2 Å². The molecule has 0 spiro atoms. The summed E-state index contributed by atoms with van der Waals surface area (Å²) in [7, 11) is 1.51. The van der Waals surface area contributed by atoms with E-state index in [9.17, 15) is 9.59 Å². The number of carbonyl (C=O) groups is 2. The lowest BCUT2D eigenvalue weighted by molar-refractivity contribution is -0.133. The van der Waals surface area contributed by atoms with Crippen molar-refractivity contribution < 1.29 is 23.5 Å². The quantitative estimate of drug-likeness (QED) is 0.381. The maximum absolute atomic E-state index is 15.3. The van der Waals surface area contributed by atoms with Crippen LogP contribution in [-0.4, -0.2) is 82.8 Å². The number of hydrogen-bond acceptors (Lipinski definition) is 9. The molecule has 1 aromatic heterocycles. The summed E-state index contributed by atoms with van der Waals surface area (Å²) in [6.07, 6.45) is 4.22. The first-order valence-corrected chi connectivity index (χ1v) is 13.9. The lowest BCUT2D eigenvalue weighted by atomic mass is 10.1. The van der Waals surface area contributed by atoms with E-state index in [2.05, 4.69) is 15.5 Å². The minimum absolute atomic E-state index is 0.0257. The highest BCUT2D eigenvalue weighted by Crippen LogP contribution is 2.29. The average Bonchev–Trinajstić information content (AvgIpc) is 3.59. The fraction of sp³-hybridized carbons (Fsp3) is 0.393. The summed E-state index contributed by atoms with van der Waals surface area (Å²) in [5.74, 6) is -0.464. The van der Waals surface area contributed by atoms with Crippen LogP contribution in [0.4, 0.5) is 20.6 Å². The van der Waals surface area contributed by atoms with Crippen LogP contribution in [0.1, 0.15) is 24.8 Å². The summed E-state index contributed by atoms with van der Waals surface area (Å²) >= 11 is 5.06. The number of thiocarbonyl (C=S) groups is 1. The number of cyclic esters (lactones) is 1. The van der Waals surface area contributed by atoms with Gasteiger partial charge >= 0.3 is 6.09 Å². The predicted molar refractivity (Wildman–Crippen MR) is 154 cm³/mol. The van der Waals surface area contributed by atoms with Gasteiger partial charge in [0.1, 0.15) is 24.6 Å². The molecule has 13 heteroatoms. The van der Waals surface area contributed by atoms with Crippen LogP contribution in [0.5, 0.6) is 0 Å². The van der Waals surface area contributed by atoms with Crippen LogP contribution in [0.25, 0.3) is 5.69 Å². The van der Waals surface area contributed by atoms with Crippen molar-refractivity contribution in [1.82, 2.24) is 25.2 Å².